The molecule has 6 N–H and O–H groups in total. The quantitative estimate of drug-likeness (QED) is 0.133. The highest BCUT2D eigenvalue weighted by Gasteiger charge is 2.37. The summed E-state index contributed by atoms with van der Waals surface area (Å²) in [6, 6.07) is 6.49. The molecule has 0 radical (unpaired) electrons. The van der Waals surface area contributed by atoms with E-state index in [-0.39, 0.29) is 12.1 Å². The van der Waals surface area contributed by atoms with Crippen LogP contribution in [0, 0.1) is 10.8 Å². The number of aromatic hydroxyl groups is 1. The Bertz CT molecular complexity index is 1830. The van der Waals surface area contributed by atoms with Gasteiger partial charge in [-0.05, 0) is 52.6 Å². The number of carbonyl (C=O) groups excluding carboxylic acids is 4. The van der Waals surface area contributed by atoms with Crippen molar-refractivity contribution in [3.8, 4) is 17.0 Å². The number of carbonyl (C=O) groups is 4. The van der Waals surface area contributed by atoms with Crippen LogP contribution in [0.5, 0.6) is 5.75 Å². The van der Waals surface area contributed by atoms with Gasteiger partial charge < -0.3 is 35.6 Å². The molecule has 14 heteroatoms. The largest absolute Gasteiger partial charge is 0.508 e. The minimum atomic E-state index is -1.59. The number of benzene rings is 2. The first-order valence-corrected chi connectivity index (χ1v) is 16.6. The highest BCUT2D eigenvalue weighted by molar-refractivity contribution is 5.87. The van der Waals surface area contributed by atoms with Crippen LogP contribution in [-0.4, -0.2) is 89.2 Å². The molecule has 3 aromatic rings. The Hall–Kier alpha value is -5.21. The number of nitrogens with one attached hydrogen (secondary N) is 4. The Morgan fingerprint density at radius 2 is 1.37 bits per heavy atom. The molecule has 0 fully saturated rings. The van der Waals surface area contributed by atoms with Gasteiger partial charge in [-0.3, -0.25) is 20.0 Å². The summed E-state index contributed by atoms with van der Waals surface area (Å²) in [7, 11) is 2.29. The van der Waals surface area contributed by atoms with E-state index in [2.05, 4.69) is 26.4 Å². The molecule has 0 aliphatic rings. The first-order valence-electron chi connectivity index (χ1n) is 18.6. The van der Waals surface area contributed by atoms with E-state index in [9.17, 15) is 29.4 Å². The summed E-state index contributed by atoms with van der Waals surface area (Å²) < 4.78 is 42.8. The Balaban J connectivity index is 2.09. The number of nitrogens with zero attached hydrogens (tertiary/aromatic N) is 2. The van der Waals surface area contributed by atoms with Crippen LogP contribution in [0.25, 0.3) is 11.3 Å². The molecular formula is C38H52N6O8. The van der Waals surface area contributed by atoms with Gasteiger partial charge in [0.05, 0.1) is 37.5 Å². The maximum Gasteiger partial charge on any atom is 0.407 e. The van der Waals surface area contributed by atoms with Crippen molar-refractivity contribution in [2.24, 2.45) is 10.8 Å². The molecule has 4 amide bonds. The van der Waals surface area contributed by atoms with Gasteiger partial charge in [0.15, 0.2) is 0 Å². The molecule has 2 aromatic carbocycles. The summed E-state index contributed by atoms with van der Waals surface area (Å²) in [5.41, 5.74) is 3.11. The lowest BCUT2D eigenvalue weighted by Crippen LogP contribution is -2.60. The number of phenolic OH excluding ortho intramolecular Hbond substituents is 1. The predicted molar refractivity (Wildman–Crippen MR) is 196 cm³/mol. The lowest BCUT2D eigenvalue weighted by atomic mass is 9.85. The van der Waals surface area contributed by atoms with Crippen LogP contribution in [0.4, 0.5) is 9.59 Å². The number of amides is 4. The number of pyridine rings is 1. The molecule has 0 saturated carbocycles. The molecular weight excluding hydrogens is 668 g/mol. The highest BCUT2D eigenvalue weighted by atomic mass is 16.5. The zero-order valence-corrected chi connectivity index (χ0v) is 30.8. The number of methoxy groups -OCH3 is 2. The number of hydrogen-bond donors (Lipinski definition) is 6. The second-order valence-corrected chi connectivity index (χ2v) is 14.4. The third-order valence-electron chi connectivity index (χ3n) is 8.00. The van der Waals surface area contributed by atoms with E-state index in [0.29, 0.717) is 5.56 Å². The molecule has 3 rings (SSSR count). The molecule has 0 aliphatic heterocycles. The summed E-state index contributed by atoms with van der Waals surface area (Å²) in [6.45, 7) is 9.87. The number of hydrogen-bond acceptors (Lipinski definition) is 10. The van der Waals surface area contributed by atoms with Gasteiger partial charge in [-0.1, -0.05) is 84.0 Å². The first-order chi connectivity index (χ1) is 26.1. The van der Waals surface area contributed by atoms with Crippen LogP contribution in [0.1, 0.15) is 58.2 Å². The number of aliphatic hydroxyl groups excluding tert-OH is 1. The smallest absolute Gasteiger partial charge is 0.407 e. The number of phenols is 1. The van der Waals surface area contributed by atoms with Crippen molar-refractivity contribution in [1.29, 1.82) is 0 Å². The zero-order valence-electron chi connectivity index (χ0n) is 34.8. The van der Waals surface area contributed by atoms with E-state index in [1.165, 1.54) is 5.01 Å². The van der Waals surface area contributed by atoms with Gasteiger partial charge in [-0.15, -0.1) is 0 Å². The van der Waals surface area contributed by atoms with E-state index in [1.54, 1.807) is 65.9 Å². The average Bonchev–Trinajstić information content (AvgIpc) is 3.14. The number of alkyl carbamates (subject to hydrolysis) is 2. The van der Waals surface area contributed by atoms with Gasteiger partial charge in [0.2, 0.25) is 5.91 Å². The van der Waals surface area contributed by atoms with E-state index in [1.807, 2.05) is 24.3 Å². The molecule has 0 aliphatic carbocycles. The van der Waals surface area contributed by atoms with Crippen LogP contribution in [0.2, 0.25) is 0 Å². The number of hydrazine groups is 1. The number of ether oxygens (including phenoxy) is 2. The van der Waals surface area contributed by atoms with E-state index in [4.69, 9.17) is 15.0 Å². The van der Waals surface area contributed by atoms with Gasteiger partial charge in [0.25, 0.3) is 5.91 Å². The second kappa shape index (κ2) is 18.3. The van der Waals surface area contributed by atoms with Gasteiger partial charge in [-0.25, -0.2) is 14.6 Å². The highest BCUT2D eigenvalue weighted by Crippen LogP contribution is 2.23. The van der Waals surface area contributed by atoms with Crippen molar-refractivity contribution in [3.05, 3.63) is 84.0 Å². The van der Waals surface area contributed by atoms with Crippen molar-refractivity contribution in [2.45, 2.75) is 78.7 Å². The Morgan fingerprint density at radius 3 is 1.87 bits per heavy atom. The fourth-order valence-corrected chi connectivity index (χ4v) is 5.17. The summed E-state index contributed by atoms with van der Waals surface area (Å²) in [5, 5.41) is 31.2. The van der Waals surface area contributed by atoms with Crippen molar-refractivity contribution in [3.63, 3.8) is 0 Å². The molecule has 0 spiro atoms. The van der Waals surface area contributed by atoms with Gasteiger partial charge in [-0.2, -0.15) is 0 Å². The molecule has 1 aromatic heterocycles. The third kappa shape index (κ3) is 12.5. The maximum atomic E-state index is 13.9. The minimum absolute atomic E-state index is 0.00407. The number of aromatic nitrogens is 1. The molecule has 0 bridgehead atoms. The van der Waals surface area contributed by atoms with Crippen molar-refractivity contribution >= 4 is 24.0 Å². The predicted octanol–water partition coefficient (Wildman–Crippen LogP) is 3.92. The Kier molecular flexibility index (Phi) is 12.4. The monoisotopic (exact) mass is 724 g/mol. The summed E-state index contributed by atoms with van der Waals surface area (Å²) in [6.07, 6.45) is -2.13. The number of aliphatic hydroxyl groups is 1. The normalized spacial score (nSPS) is 15.0. The topological polar surface area (TPSA) is 191 Å². The van der Waals surface area contributed by atoms with Crippen molar-refractivity contribution in [2.75, 3.05) is 20.8 Å². The molecule has 4 atom stereocenters. The fraction of sp³-hybridized carbons (Fsp3) is 0.447. The SMILES string of the molecule is [2H]c1c([2H])c(C[C@H](NC(=O)[C@@H](NC(=O)OC)C(C)(C)C)[C@@H](O)CN(Cc2ccc(-c3ccccn3)cc2)NC(=O)[C@@H](NC(=O)OC)C(C)(C)C)c([2H])c([2H])c1O. The summed E-state index contributed by atoms with van der Waals surface area (Å²) >= 11 is 0. The van der Waals surface area contributed by atoms with Crippen molar-refractivity contribution in [1.82, 2.24) is 31.4 Å². The molecule has 282 valence electrons. The van der Waals surface area contributed by atoms with Crippen LogP contribution >= 0.6 is 0 Å². The summed E-state index contributed by atoms with van der Waals surface area (Å²) in [5.74, 6) is -2.29. The van der Waals surface area contributed by atoms with Crippen LogP contribution in [0.3, 0.4) is 0 Å². The maximum absolute atomic E-state index is 13.9. The Labute approximate surface area is 310 Å². The van der Waals surface area contributed by atoms with E-state index in [0.717, 1.165) is 25.5 Å². The number of rotatable bonds is 14. The van der Waals surface area contributed by atoms with Crippen LogP contribution < -0.4 is 21.4 Å². The van der Waals surface area contributed by atoms with Crippen LogP contribution in [0.15, 0.2) is 72.8 Å². The molecule has 14 nitrogen and oxygen atoms in total. The van der Waals surface area contributed by atoms with Crippen molar-refractivity contribution < 1.29 is 44.3 Å². The lowest BCUT2D eigenvalue weighted by Gasteiger charge is -2.35. The lowest BCUT2D eigenvalue weighted by molar-refractivity contribution is -0.132. The van der Waals surface area contributed by atoms with E-state index >= 15 is 0 Å². The average molecular weight is 725 g/mol. The standard InChI is InChI=1S/C38H52N6O8/c1-37(2,3)31(41-35(49)51-7)33(47)40-29(21-24-14-18-27(45)19-15-24)30(46)23-44(43-34(48)32(38(4,5)6)42-36(50)52-8)22-25-12-16-26(17-13-25)28-11-9-10-20-39-28/h9-20,29-32,45-46H,21-23H2,1-8H3,(H,40,47)(H,41,49)(H,42,50)(H,43,48)/t29-,30-,31+,32+/m0/s1/i14D,15D,18D,19D. The Morgan fingerprint density at radius 1 is 0.808 bits per heavy atom. The van der Waals surface area contributed by atoms with E-state index < -0.39 is 102 Å². The van der Waals surface area contributed by atoms with Gasteiger partial charge >= 0.3 is 12.2 Å². The minimum Gasteiger partial charge on any atom is -0.508 e. The first kappa shape index (κ1) is 35.2. The molecule has 1 heterocycles. The van der Waals surface area contributed by atoms with Gasteiger partial charge in [0.1, 0.15) is 17.8 Å². The molecule has 0 saturated heterocycles. The van der Waals surface area contributed by atoms with Gasteiger partial charge in [0, 0.05) is 24.8 Å². The third-order valence-corrected chi connectivity index (χ3v) is 8.00. The molecule has 0 unspecified atom stereocenters. The fourth-order valence-electron chi connectivity index (χ4n) is 5.17. The zero-order chi connectivity index (χ0) is 42.1. The molecule has 52 heavy (non-hydrogen) atoms. The summed E-state index contributed by atoms with van der Waals surface area (Å²) in [4.78, 5) is 56.7. The second-order valence-electron chi connectivity index (χ2n) is 14.4. The van der Waals surface area contributed by atoms with Crippen LogP contribution in [-0.2, 0) is 32.0 Å².